The Kier molecular flexibility index (Phi) is 4.58. The molecule has 0 aromatic heterocycles. The fourth-order valence-electron chi connectivity index (χ4n) is 1.28. The lowest BCUT2D eigenvalue weighted by molar-refractivity contribution is -0.136. The molecule has 0 atom stereocenters. The summed E-state index contributed by atoms with van der Waals surface area (Å²) in [5, 5.41) is 0. The van der Waals surface area contributed by atoms with E-state index in [4.69, 9.17) is 9.47 Å². The molecule has 0 saturated heterocycles. The SMILES string of the molecule is C=CC(=O)O[C](C)Cc1ccc(OC)cc1. The van der Waals surface area contributed by atoms with Crippen LogP contribution in [-0.2, 0) is 16.0 Å². The molecule has 1 radical (unpaired) electrons. The van der Waals surface area contributed by atoms with Gasteiger partial charge in [0.25, 0.3) is 0 Å². The molecule has 1 rings (SSSR count). The van der Waals surface area contributed by atoms with Crippen molar-refractivity contribution in [2.45, 2.75) is 13.3 Å². The number of ether oxygens (including phenoxy) is 2. The van der Waals surface area contributed by atoms with Crippen molar-refractivity contribution in [2.75, 3.05) is 7.11 Å². The maximum atomic E-state index is 10.9. The third kappa shape index (κ3) is 3.77. The van der Waals surface area contributed by atoms with E-state index in [0.29, 0.717) is 12.5 Å². The van der Waals surface area contributed by atoms with Gasteiger partial charge in [-0.1, -0.05) is 18.7 Å². The molecule has 3 nitrogen and oxygen atoms in total. The average Bonchev–Trinajstić information content (AvgIpc) is 2.29. The monoisotopic (exact) mass is 219 g/mol. The number of esters is 1. The number of carbonyl (C=O) groups is 1. The minimum Gasteiger partial charge on any atom is -0.497 e. The molecule has 0 aliphatic rings. The van der Waals surface area contributed by atoms with E-state index in [2.05, 4.69) is 6.58 Å². The van der Waals surface area contributed by atoms with Crippen molar-refractivity contribution in [3.8, 4) is 5.75 Å². The van der Waals surface area contributed by atoms with Crippen molar-refractivity contribution in [1.29, 1.82) is 0 Å². The summed E-state index contributed by atoms with van der Waals surface area (Å²) in [5.41, 5.74) is 1.06. The van der Waals surface area contributed by atoms with Crippen molar-refractivity contribution in [3.63, 3.8) is 0 Å². The number of hydrogen-bond donors (Lipinski definition) is 0. The second-order valence-electron chi connectivity index (χ2n) is 3.35. The molecule has 16 heavy (non-hydrogen) atoms. The fraction of sp³-hybridized carbons (Fsp3) is 0.231. The molecule has 1 aromatic rings. The Hall–Kier alpha value is -1.77. The van der Waals surface area contributed by atoms with Crippen LogP contribution in [0.4, 0.5) is 0 Å². The van der Waals surface area contributed by atoms with E-state index in [1.165, 1.54) is 0 Å². The molecule has 0 bridgehead atoms. The highest BCUT2D eigenvalue weighted by Gasteiger charge is 2.08. The van der Waals surface area contributed by atoms with Crippen molar-refractivity contribution in [3.05, 3.63) is 48.6 Å². The van der Waals surface area contributed by atoms with Gasteiger partial charge >= 0.3 is 5.97 Å². The first-order valence-corrected chi connectivity index (χ1v) is 4.95. The highest BCUT2D eigenvalue weighted by Crippen LogP contribution is 2.16. The Labute approximate surface area is 95.7 Å². The summed E-state index contributed by atoms with van der Waals surface area (Å²) in [6.45, 7) is 5.11. The fourth-order valence-corrected chi connectivity index (χ4v) is 1.28. The van der Waals surface area contributed by atoms with E-state index in [-0.39, 0.29) is 0 Å². The van der Waals surface area contributed by atoms with Gasteiger partial charge in [-0.25, -0.2) is 4.79 Å². The molecule has 0 N–H and O–H groups in total. The van der Waals surface area contributed by atoms with Crippen LogP contribution in [0.2, 0.25) is 0 Å². The van der Waals surface area contributed by atoms with Crippen LogP contribution in [0.25, 0.3) is 0 Å². The van der Waals surface area contributed by atoms with Crippen molar-refractivity contribution < 1.29 is 14.3 Å². The van der Waals surface area contributed by atoms with E-state index in [1.807, 2.05) is 24.3 Å². The van der Waals surface area contributed by atoms with Crippen molar-refractivity contribution in [2.24, 2.45) is 0 Å². The lowest BCUT2D eigenvalue weighted by atomic mass is 10.1. The molecule has 0 amide bonds. The van der Waals surface area contributed by atoms with Crippen molar-refractivity contribution >= 4 is 5.97 Å². The van der Waals surface area contributed by atoms with Crippen LogP contribution in [0.1, 0.15) is 12.5 Å². The molecule has 0 aliphatic carbocycles. The molecule has 0 fully saturated rings. The highest BCUT2D eigenvalue weighted by molar-refractivity contribution is 5.81. The van der Waals surface area contributed by atoms with E-state index in [0.717, 1.165) is 17.4 Å². The van der Waals surface area contributed by atoms with Crippen LogP contribution in [-0.4, -0.2) is 13.1 Å². The van der Waals surface area contributed by atoms with Gasteiger partial charge in [-0.3, -0.25) is 0 Å². The molecular weight excluding hydrogens is 204 g/mol. The van der Waals surface area contributed by atoms with Gasteiger partial charge in [-0.15, -0.1) is 0 Å². The second kappa shape index (κ2) is 5.95. The van der Waals surface area contributed by atoms with E-state index < -0.39 is 5.97 Å². The summed E-state index contributed by atoms with van der Waals surface area (Å²) in [4.78, 5) is 10.9. The number of carbonyl (C=O) groups excluding carboxylic acids is 1. The Balaban J connectivity index is 2.52. The molecule has 0 saturated carbocycles. The smallest absolute Gasteiger partial charge is 0.330 e. The topological polar surface area (TPSA) is 35.5 Å². The van der Waals surface area contributed by atoms with Gasteiger partial charge in [0.05, 0.1) is 7.11 Å². The Morgan fingerprint density at radius 2 is 2.00 bits per heavy atom. The maximum Gasteiger partial charge on any atom is 0.330 e. The summed E-state index contributed by atoms with van der Waals surface area (Å²) in [6.07, 6.45) is 2.40. The molecular formula is C13H15O3. The third-order valence-electron chi connectivity index (χ3n) is 2.05. The number of methoxy groups -OCH3 is 1. The average molecular weight is 219 g/mol. The molecule has 3 heteroatoms. The van der Waals surface area contributed by atoms with E-state index in [1.54, 1.807) is 14.0 Å². The normalized spacial score (nSPS) is 9.94. The highest BCUT2D eigenvalue weighted by atomic mass is 16.5. The van der Waals surface area contributed by atoms with Gasteiger partial charge < -0.3 is 9.47 Å². The van der Waals surface area contributed by atoms with Gasteiger partial charge in [0, 0.05) is 12.5 Å². The standard InChI is InChI=1S/C13H15O3/c1-4-13(14)16-10(2)9-11-5-7-12(15-3)8-6-11/h4-8H,1,9H2,2-3H3. The minimum atomic E-state index is -0.425. The quantitative estimate of drug-likeness (QED) is 0.564. The van der Waals surface area contributed by atoms with Gasteiger partial charge in [0.15, 0.2) is 6.10 Å². The van der Waals surface area contributed by atoms with E-state index >= 15 is 0 Å². The molecule has 0 aliphatic heterocycles. The Morgan fingerprint density at radius 3 is 2.50 bits per heavy atom. The maximum absolute atomic E-state index is 10.9. The minimum absolute atomic E-state index is 0.425. The zero-order valence-electron chi connectivity index (χ0n) is 9.53. The largest absolute Gasteiger partial charge is 0.497 e. The van der Waals surface area contributed by atoms with Gasteiger partial charge in [0.2, 0.25) is 0 Å². The van der Waals surface area contributed by atoms with Crippen LogP contribution in [0.15, 0.2) is 36.9 Å². The lowest BCUT2D eigenvalue weighted by Gasteiger charge is -2.10. The Bertz CT molecular complexity index is 354. The summed E-state index contributed by atoms with van der Waals surface area (Å²) in [5.74, 6) is 0.385. The predicted octanol–water partition coefficient (Wildman–Crippen LogP) is 2.52. The van der Waals surface area contributed by atoms with Gasteiger partial charge in [-0.2, -0.15) is 0 Å². The van der Waals surface area contributed by atoms with Gasteiger partial charge in [-0.05, 0) is 24.6 Å². The molecule has 1 aromatic carbocycles. The zero-order valence-corrected chi connectivity index (χ0v) is 9.53. The van der Waals surface area contributed by atoms with E-state index in [9.17, 15) is 4.79 Å². The van der Waals surface area contributed by atoms with Crippen LogP contribution in [0.3, 0.4) is 0 Å². The number of benzene rings is 1. The molecule has 0 unspecified atom stereocenters. The molecule has 85 valence electrons. The lowest BCUT2D eigenvalue weighted by Crippen LogP contribution is -2.07. The first-order chi connectivity index (χ1) is 7.65. The van der Waals surface area contributed by atoms with Crippen LogP contribution in [0, 0.1) is 6.10 Å². The number of hydrogen-bond acceptors (Lipinski definition) is 3. The Morgan fingerprint density at radius 1 is 1.38 bits per heavy atom. The molecule has 0 heterocycles. The predicted molar refractivity (Wildman–Crippen MR) is 61.9 cm³/mol. The summed E-state index contributed by atoms with van der Waals surface area (Å²) < 4.78 is 10.0. The summed E-state index contributed by atoms with van der Waals surface area (Å²) in [6, 6.07) is 7.62. The van der Waals surface area contributed by atoms with Gasteiger partial charge in [0.1, 0.15) is 5.75 Å². The second-order valence-corrected chi connectivity index (χ2v) is 3.35. The first kappa shape index (κ1) is 12.3. The van der Waals surface area contributed by atoms with Crippen molar-refractivity contribution in [1.82, 2.24) is 0 Å². The summed E-state index contributed by atoms with van der Waals surface area (Å²) in [7, 11) is 1.62. The molecule has 0 spiro atoms. The number of rotatable bonds is 5. The zero-order chi connectivity index (χ0) is 12.0. The summed E-state index contributed by atoms with van der Waals surface area (Å²) >= 11 is 0. The first-order valence-electron chi connectivity index (χ1n) is 4.95. The van der Waals surface area contributed by atoms with Crippen LogP contribution in [0.5, 0.6) is 5.75 Å². The van der Waals surface area contributed by atoms with Crippen LogP contribution >= 0.6 is 0 Å². The third-order valence-corrected chi connectivity index (χ3v) is 2.05. The van der Waals surface area contributed by atoms with Crippen LogP contribution < -0.4 is 4.74 Å².